The molecule has 0 saturated heterocycles. The average Bonchev–Trinajstić information content (AvgIpc) is 3.12. The van der Waals surface area contributed by atoms with Crippen LogP contribution in [0.3, 0.4) is 0 Å². The molecule has 0 aromatic heterocycles. The lowest BCUT2D eigenvalue weighted by atomic mass is 10.0. The van der Waals surface area contributed by atoms with Crippen molar-refractivity contribution in [3.63, 3.8) is 0 Å². The molecule has 1 fully saturated rings. The summed E-state index contributed by atoms with van der Waals surface area (Å²) in [6, 6.07) is 8.47. The molecule has 19 heavy (non-hydrogen) atoms. The zero-order valence-electron chi connectivity index (χ0n) is 11.8. The predicted molar refractivity (Wildman–Crippen MR) is 76.6 cm³/mol. The van der Waals surface area contributed by atoms with E-state index in [0.717, 1.165) is 18.5 Å². The molecule has 4 heteroatoms. The summed E-state index contributed by atoms with van der Waals surface area (Å²) in [5, 5.41) is 12.7. The van der Waals surface area contributed by atoms with E-state index in [1.165, 1.54) is 5.56 Å². The van der Waals surface area contributed by atoms with Gasteiger partial charge in [0.05, 0.1) is 0 Å². The summed E-state index contributed by atoms with van der Waals surface area (Å²) in [4.78, 5) is 13.5. The summed E-state index contributed by atoms with van der Waals surface area (Å²) < 4.78 is 0. The minimum absolute atomic E-state index is 0.368. The molecule has 2 rings (SSSR count). The van der Waals surface area contributed by atoms with Crippen molar-refractivity contribution in [1.29, 1.82) is 0 Å². The molecule has 0 spiro atoms. The molecule has 0 amide bonds. The summed E-state index contributed by atoms with van der Waals surface area (Å²) in [6.07, 6.45) is 2.16. The number of carbonyl (C=O) groups is 1. The fourth-order valence-electron chi connectivity index (χ4n) is 2.28. The van der Waals surface area contributed by atoms with Crippen LogP contribution >= 0.6 is 0 Å². The van der Waals surface area contributed by atoms with Crippen LogP contribution in [0.25, 0.3) is 0 Å². The zero-order chi connectivity index (χ0) is 14.0. The number of carboxylic acids is 1. The molecule has 1 unspecified atom stereocenters. The van der Waals surface area contributed by atoms with Gasteiger partial charge in [-0.15, -0.1) is 0 Å². The highest BCUT2D eigenvalue weighted by atomic mass is 16.4. The lowest BCUT2D eigenvalue weighted by Gasteiger charge is -2.32. The number of hydrogen-bond donors (Lipinski definition) is 2. The second-order valence-corrected chi connectivity index (χ2v) is 5.75. The topological polar surface area (TPSA) is 52.6 Å². The van der Waals surface area contributed by atoms with E-state index in [4.69, 9.17) is 0 Å². The number of anilines is 1. The number of aliphatic carboxylic acids is 1. The Kier molecular flexibility index (Phi) is 3.80. The Balaban J connectivity index is 2.09. The van der Waals surface area contributed by atoms with Gasteiger partial charge in [-0.25, -0.2) is 0 Å². The van der Waals surface area contributed by atoms with Crippen molar-refractivity contribution >= 4 is 11.7 Å². The van der Waals surface area contributed by atoms with Crippen LogP contribution in [0.1, 0.15) is 25.3 Å². The van der Waals surface area contributed by atoms with Crippen molar-refractivity contribution in [3.8, 4) is 0 Å². The van der Waals surface area contributed by atoms with Crippen LogP contribution in [0.4, 0.5) is 5.69 Å². The Bertz CT molecular complexity index is 471. The number of rotatable bonds is 6. The number of hydrogen-bond acceptors (Lipinski definition) is 3. The zero-order valence-corrected chi connectivity index (χ0v) is 11.8. The van der Waals surface area contributed by atoms with Gasteiger partial charge in [-0.3, -0.25) is 10.1 Å². The lowest BCUT2D eigenvalue weighted by Crippen LogP contribution is -2.57. The molecule has 1 aliphatic carbocycles. The van der Waals surface area contributed by atoms with E-state index in [1.807, 2.05) is 37.1 Å². The third kappa shape index (κ3) is 3.47. The molecule has 0 radical (unpaired) electrons. The van der Waals surface area contributed by atoms with Crippen LogP contribution in [0.5, 0.6) is 0 Å². The highest BCUT2D eigenvalue weighted by Crippen LogP contribution is 2.24. The van der Waals surface area contributed by atoms with Crippen LogP contribution in [0, 0.1) is 6.92 Å². The Morgan fingerprint density at radius 1 is 1.53 bits per heavy atom. The molecule has 1 aromatic rings. The van der Waals surface area contributed by atoms with E-state index in [-0.39, 0.29) is 0 Å². The normalized spacial score (nSPS) is 17.8. The highest BCUT2D eigenvalue weighted by Gasteiger charge is 2.39. The Morgan fingerprint density at radius 3 is 2.74 bits per heavy atom. The monoisotopic (exact) mass is 262 g/mol. The summed E-state index contributed by atoms with van der Waals surface area (Å²) in [7, 11) is 1.94. The first kappa shape index (κ1) is 13.9. The lowest BCUT2D eigenvalue weighted by molar-refractivity contribution is -0.143. The van der Waals surface area contributed by atoms with Crippen LogP contribution in [0.2, 0.25) is 0 Å². The number of nitrogens with one attached hydrogen (secondary N) is 1. The molecule has 1 atom stereocenters. The number of nitrogens with zero attached hydrogens (tertiary/aromatic N) is 1. The summed E-state index contributed by atoms with van der Waals surface area (Å²) >= 11 is 0. The molecule has 0 bridgehead atoms. The summed E-state index contributed by atoms with van der Waals surface area (Å²) in [5.74, 6) is -0.793. The minimum atomic E-state index is -0.903. The van der Waals surface area contributed by atoms with Crippen molar-refractivity contribution in [3.05, 3.63) is 29.8 Å². The van der Waals surface area contributed by atoms with Crippen LogP contribution in [-0.2, 0) is 4.79 Å². The molecular weight excluding hydrogens is 240 g/mol. The molecule has 0 heterocycles. The van der Waals surface area contributed by atoms with Crippen molar-refractivity contribution < 1.29 is 9.90 Å². The summed E-state index contributed by atoms with van der Waals surface area (Å²) in [5.41, 5.74) is 1.32. The maximum atomic E-state index is 11.5. The number of benzene rings is 1. The van der Waals surface area contributed by atoms with Crippen molar-refractivity contribution in [2.24, 2.45) is 0 Å². The van der Waals surface area contributed by atoms with Crippen LogP contribution < -0.4 is 10.2 Å². The standard InChI is InChI=1S/C15H22N2O2/c1-11-5-4-6-13(9-11)17(3)10-15(2,14(18)19)16-12-7-8-12/h4-6,9,12,16H,7-8,10H2,1-3H3,(H,18,19). The van der Waals surface area contributed by atoms with Crippen LogP contribution in [0.15, 0.2) is 24.3 Å². The maximum Gasteiger partial charge on any atom is 0.325 e. The van der Waals surface area contributed by atoms with E-state index in [1.54, 1.807) is 6.92 Å². The van der Waals surface area contributed by atoms with E-state index in [9.17, 15) is 9.90 Å². The van der Waals surface area contributed by atoms with Gasteiger partial charge in [-0.1, -0.05) is 12.1 Å². The molecule has 4 nitrogen and oxygen atoms in total. The smallest absolute Gasteiger partial charge is 0.325 e. The van der Waals surface area contributed by atoms with Gasteiger partial charge in [0.15, 0.2) is 0 Å². The predicted octanol–water partition coefficient (Wildman–Crippen LogP) is 2.03. The molecule has 2 N–H and O–H groups in total. The van der Waals surface area contributed by atoms with Gasteiger partial charge in [-0.2, -0.15) is 0 Å². The Labute approximate surface area is 114 Å². The van der Waals surface area contributed by atoms with Crippen molar-refractivity contribution in [2.75, 3.05) is 18.5 Å². The van der Waals surface area contributed by atoms with Gasteiger partial charge in [0.2, 0.25) is 0 Å². The van der Waals surface area contributed by atoms with Gasteiger partial charge >= 0.3 is 5.97 Å². The van der Waals surface area contributed by atoms with Gasteiger partial charge in [0.25, 0.3) is 0 Å². The molecule has 1 saturated carbocycles. The third-order valence-corrected chi connectivity index (χ3v) is 3.57. The van der Waals surface area contributed by atoms with Gasteiger partial charge < -0.3 is 10.0 Å². The SMILES string of the molecule is Cc1cccc(N(C)CC(C)(NC2CC2)C(=O)O)c1. The maximum absolute atomic E-state index is 11.5. The van der Waals surface area contributed by atoms with Gasteiger partial charge in [0.1, 0.15) is 5.54 Å². The van der Waals surface area contributed by atoms with Gasteiger partial charge in [0, 0.05) is 25.3 Å². The molecular formula is C15H22N2O2. The number of carboxylic acid groups (broad SMARTS) is 1. The highest BCUT2D eigenvalue weighted by molar-refractivity contribution is 5.79. The third-order valence-electron chi connectivity index (χ3n) is 3.57. The van der Waals surface area contributed by atoms with E-state index < -0.39 is 11.5 Å². The molecule has 104 valence electrons. The van der Waals surface area contributed by atoms with Gasteiger partial charge in [-0.05, 0) is 44.4 Å². The largest absolute Gasteiger partial charge is 0.480 e. The first-order chi connectivity index (χ1) is 8.90. The van der Waals surface area contributed by atoms with Crippen molar-refractivity contribution in [2.45, 2.75) is 38.3 Å². The van der Waals surface area contributed by atoms with E-state index >= 15 is 0 Å². The molecule has 0 aliphatic heterocycles. The fraction of sp³-hybridized carbons (Fsp3) is 0.533. The second-order valence-electron chi connectivity index (χ2n) is 5.75. The first-order valence-corrected chi connectivity index (χ1v) is 6.69. The molecule has 1 aromatic carbocycles. The quantitative estimate of drug-likeness (QED) is 0.823. The summed E-state index contributed by atoms with van der Waals surface area (Å²) in [6.45, 7) is 4.25. The Hall–Kier alpha value is -1.55. The number of likely N-dealkylation sites (N-methyl/N-ethyl adjacent to an activating group) is 1. The number of aryl methyl sites for hydroxylation is 1. The minimum Gasteiger partial charge on any atom is -0.480 e. The van der Waals surface area contributed by atoms with Crippen molar-refractivity contribution in [1.82, 2.24) is 5.32 Å². The second kappa shape index (κ2) is 5.21. The van der Waals surface area contributed by atoms with Crippen LogP contribution in [-0.4, -0.2) is 36.2 Å². The molecule has 1 aliphatic rings. The first-order valence-electron chi connectivity index (χ1n) is 6.69. The Morgan fingerprint density at radius 2 is 2.21 bits per heavy atom. The average molecular weight is 262 g/mol. The van der Waals surface area contributed by atoms with E-state index in [2.05, 4.69) is 11.4 Å². The fourth-order valence-corrected chi connectivity index (χ4v) is 2.28. The van der Waals surface area contributed by atoms with E-state index in [0.29, 0.717) is 12.6 Å².